The van der Waals surface area contributed by atoms with Crippen molar-refractivity contribution in [1.29, 1.82) is 0 Å². The lowest BCUT2D eigenvalue weighted by Crippen LogP contribution is -2.43. The second-order valence-corrected chi connectivity index (χ2v) is 8.06. The molecule has 3 amide bonds. The van der Waals surface area contributed by atoms with E-state index in [4.69, 9.17) is 23.8 Å². The Bertz CT molecular complexity index is 995. The number of hydrogen-bond acceptors (Lipinski definition) is 5. The second kappa shape index (κ2) is 9.69. The maximum atomic E-state index is 12.6. The predicted octanol–water partition coefficient (Wildman–Crippen LogP) is 3.39. The van der Waals surface area contributed by atoms with E-state index in [2.05, 4.69) is 10.9 Å². The fraction of sp³-hybridized carbons (Fsp3) is 0.100. The lowest BCUT2D eigenvalue weighted by molar-refractivity contribution is -0.124. The molecule has 29 heavy (non-hydrogen) atoms. The van der Waals surface area contributed by atoms with Crippen LogP contribution in [0.5, 0.6) is 0 Å². The summed E-state index contributed by atoms with van der Waals surface area (Å²) in [6.07, 6.45) is 1.67. The predicted molar refractivity (Wildman–Crippen MR) is 118 cm³/mol. The van der Waals surface area contributed by atoms with Crippen LogP contribution in [-0.2, 0) is 9.59 Å². The maximum Gasteiger partial charge on any atom is 0.269 e. The molecule has 1 aliphatic heterocycles. The highest BCUT2D eigenvalue weighted by Gasteiger charge is 2.32. The van der Waals surface area contributed by atoms with Gasteiger partial charge in [-0.1, -0.05) is 72.0 Å². The Balaban J connectivity index is 1.53. The van der Waals surface area contributed by atoms with Crippen molar-refractivity contribution >= 4 is 63.7 Å². The highest BCUT2D eigenvalue weighted by molar-refractivity contribution is 8.26. The minimum Gasteiger partial charge on any atom is -0.292 e. The average Bonchev–Trinajstić information content (AvgIpc) is 2.99. The first kappa shape index (κ1) is 21.0. The Morgan fingerprint density at radius 2 is 1.76 bits per heavy atom. The molecule has 1 aliphatic rings. The van der Waals surface area contributed by atoms with Gasteiger partial charge in [-0.25, -0.2) is 0 Å². The molecule has 2 aromatic rings. The Morgan fingerprint density at radius 1 is 1.07 bits per heavy atom. The van der Waals surface area contributed by atoms with Crippen molar-refractivity contribution in [2.24, 2.45) is 0 Å². The molecule has 9 heteroatoms. The molecule has 0 saturated carbocycles. The number of carbonyl (C=O) groups excluding carboxylic acids is 3. The van der Waals surface area contributed by atoms with E-state index in [0.29, 0.717) is 19.8 Å². The van der Waals surface area contributed by atoms with Gasteiger partial charge >= 0.3 is 0 Å². The van der Waals surface area contributed by atoms with Gasteiger partial charge in [-0.2, -0.15) is 0 Å². The van der Waals surface area contributed by atoms with E-state index in [1.54, 1.807) is 54.6 Å². The topological polar surface area (TPSA) is 78.5 Å². The number of carbonyl (C=O) groups is 3. The molecule has 0 radical (unpaired) electrons. The van der Waals surface area contributed by atoms with Crippen LogP contribution in [0.1, 0.15) is 22.3 Å². The van der Waals surface area contributed by atoms with Gasteiger partial charge in [0.05, 0.1) is 4.91 Å². The summed E-state index contributed by atoms with van der Waals surface area (Å²) in [4.78, 5) is 38.4. The van der Waals surface area contributed by atoms with E-state index >= 15 is 0 Å². The van der Waals surface area contributed by atoms with Crippen LogP contribution in [0.3, 0.4) is 0 Å². The second-order valence-electron chi connectivity index (χ2n) is 5.97. The van der Waals surface area contributed by atoms with Gasteiger partial charge in [-0.15, -0.1) is 0 Å². The van der Waals surface area contributed by atoms with Gasteiger partial charge in [-0.05, 0) is 29.8 Å². The van der Waals surface area contributed by atoms with Crippen molar-refractivity contribution in [3.63, 3.8) is 0 Å². The van der Waals surface area contributed by atoms with Gasteiger partial charge in [0.25, 0.3) is 11.8 Å². The van der Waals surface area contributed by atoms with Crippen LogP contribution in [0.25, 0.3) is 6.08 Å². The first-order valence-electron chi connectivity index (χ1n) is 8.60. The number of amides is 3. The summed E-state index contributed by atoms with van der Waals surface area (Å²) in [7, 11) is 0. The molecule has 2 aromatic carbocycles. The SMILES string of the molecule is O=C(CCN1C(=O)C(=Cc2ccccc2Cl)SC1=S)NNC(=O)c1ccccc1. The summed E-state index contributed by atoms with van der Waals surface area (Å²) in [5.74, 6) is -1.13. The quantitative estimate of drug-likeness (QED) is 0.419. The first-order chi connectivity index (χ1) is 14.0. The van der Waals surface area contributed by atoms with Crippen molar-refractivity contribution in [2.45, 2.75) is 6.42 Å². The van der Waals surface area contributed by atoms with Crippen molar-refractivity contribution < 1.29 is 14.4 Å². The Kier molecular flexibility index (Phi) is 7.03. The Hall–Kier alpha value is -2.68. The standard InChI is InChI=1S/C20H16ClN3O3S2/c21-15-9-5-4-8-14(15)12-16-19(27)24(20(28)29-16)11-10-17(25)22-23-18(26)13-6-2-1-3-7-13/h1-9,12H,10-11H2,(H,22,25)(H,23,26). The number of rotatable bonds is 5. The number of halogens is 1. The van der Waals surface area contributed by atoms with Crippen LogP contribution in [-0.4, -0.2) is 33.5 Å². The fourth-order valence-electron chi connectivity index (χ4n) is 2.49. The number of thiocarbonyl (C=S) groups is 1. The molecule has 0 unspecified atom stereocenters. The lowest BCUT2D eigenvalue weighted by atomic mass is 10.2. The molecular formula is C20H16ClN3O3S2. The first-order valence-corrected chi connectivity index (χ1v) is 10.2. The van der Waals surface area contributed by atoms with Gasteiger partial charge < -0.3 is 0 Å². The molecule has 0 bridgehead atoms. The van der Waals surface area contributed by atoms with E-state index in [9.17, 15) is 14.4 Å². The summed E-state index contributed by atoms with van der Waals surface area (Å²) in [6.45, 7) is 0.109. The van der Waals surface area contributed by atoms with Gasteiger partial charge in [0.15, 0.2) is 0 Å². The maximum absolute atomic E-state index is 12.6. The van der Waals surface area contributed by atoms with Gasteiger partial charge in [-0.3, -0.25) is 30.1 Å². The molecule has 0 spiro atoms. The van der Waals surface area contributed by atoms with Crippen LogP contribution in [0, 0.1) is 0 Å². The summed E-state index contributed by atoms with van der Waals surface area (Å²) in [6, 6.07) is 15.7. The Morgan fingerprint density at radius 3 is 2.48 bits per heavy atom. The fourth-order valence-corrected chi connectivity index (χ4v) is 3.98. The summed E-state index contributed by atoms with van der Waals surface area (Å²) in [5, 5.41) is 0.534. The minimum atomic E-state index is -0.432. The molecule has 2 N–H and O–H groups in total. The smallest absolute Gasteiger partial charge is 0.269 e. The molecule has 1 fully saturated rings. The van der Waals surface area contributed by atoms with E-state index in [-0.39, 0.29) is 18.9 Å². The number of hydrogen-bond donors (Lipinski definition) is 2. The highest BCUT2D eigenvalue weighted by atomic mass is 35.5. The van der Waals surface area contributed by atoms with Gasteiger partial charge in [0, 0.05) is 23.6 Å². The van der Waals surface area contributed by atoms with Crippen LogP contribution in [0.15, 0.2) is 59.5 Å². The van der Waals surface area contributed by atoms with E-state index in [1.807, 2.05) is 6.07 Å². The molecule has 1 heterocycles. The molecule has 1 saturated heterocycles. The van der Waals surface area contributed by atoms with Crippen LogP contribution < -0.4 is 10.9 Å². The number of nitrogens with one attached hydrogen (secondary N) is 2. The van der Waals surface area contributed by atoms with E-state index in [0.717, 1.165) is 17.3 Å². The molecule has 148 valence electrons. The van der Waals surface area contributed by atoms with Crippen molar-refractivity contribution in [3.05, 3.63) is 75.7 Å². The number of benzene rings is 2. The van der Waals surface area contributed by atoms with Gasteiger partial charge in [0.2, 0.25) is 5.91 Å². The van der Waals surface area contributed by atoms with Gasteiger partial charge in [0.1, 0.15) is 4.32 Å². The normalized spacial score (nSPS) is 14.9. The lowest BCUT2D eigenvalue weighted by Gasteiger charge is -2.14. The van der Waals surface area contributed by atoms with Crippen LogP contribution >= 0.6 is 35.6 Å². The molecular weight excluding hydrogens is 430 g/mol. The minimum absolute atomic E-state index is 0.0130. The summed E-state index contributed by atoms with van der Waals surface area (Å²) < 4.78 is 0.370. The molecule has 0 atom stereocenters. The largest absolute Gasteiger partial charge is 0.292 e. The molecule has 0 aliphatic carbocycles. The molecule has 3 rings (SSSR count). The van der Waals surface area contributed by atoms with Crippen molar-refractivity contribution in [2.75, 3.05) is 6.54 Å². The summed E-state index contributed by atoms with van der Waals surface area (Å²) >= 11 is 12.6. The Labute approximate surface area is 182 Å². The third-order valence-corrected chi connectivity index (χ3v) is 5.70. The third kappa shape index (κ3) is 5.44. The monoisotopic (exact) mass is 445 g/mol. The number of nitrogens with zero attached hydrogens (tertiary/aromatic N) is 1. The zero-order valence-corrected chi connectivity index (χ0v) is 17.4. The van der Waals surface area contributed by atoms with Crippen molar-refractivity contribution in [1.82, 2.24) is 15.8 Å². The molecule has 0 aromatic heterocycles. The average molecular weight is 446 g/mol. The number of hydrazine groups is 1. The zero-order valence-electron chi connectivity index (χ0n) is 15.1. The summed E-state index contributed by atoms with van der Waals surface area (Å²) in [5.41, 5.74) is 5.82. The van der Waals surface area contributed by atoms with E-state index < -0.39 is 11.8 Å². The molecule has 6 nitrogen and oxygen atoms in total. The van der Waals surface area contributed by atoms with Crippen LogP contribution in [0.2, 0.25) is 5.02 Å². The van der Waals surface area contributed by atoms with E-state index in [1.165, 1.54) is 4.90 Å². The highest BCUT2D eigenvalue weighted by Crippen LogP contribution is 2.33. The number of thioether (sulfide) groups is 1. The van der Waals surface area contributed by atoms with Crippen molar-refractivity contribution in [3.8, 4) is 0 Å². The zero-order chi connectivity index (χ0) is 20.8. The van der Waals surface area contributed by atoms with Crippen LogP contribution in [0.4, 0.5) is 0 Å². The third-order valence-electron chi connectivity index (χ3n) is 3.98.